The van der Waals surface area contributed by atoms with Gasteiger partial charge in [0.2, 0.25) is 11.8 Å². The Kier molecular flexibility index (Phi) is 21.5. The van der Waals surface area contributed by atoms with Crippen LogP contribution < -0.4 is 25.2 Å². The maximum Gasteiger partial charge on any atom is 0.340 e. The molecule has 10 amide bonds. The molecule has 6 aliphatic heterocycles. The quantitative estimate of drug-likeness (QED) is 0.0831. The summed E-state index contributed by atoms with van der Waals surface area (Å²) in [7, 11) is 0. The Labute approximate surface area is 477 Å². The number of hydrogen-bond acceptors (Lipinski definition) is 18. The lowest BCUT2D eigenvalue weighted by molar-refractivity contribution is -0.197. The number of fused-ring (bicyclic) bond motifs is 6. The van der Waals surface area contributed by atoms with Crippen LogP contribution in [-0.2, 0) is 72.7 Å². The van der Waals surface area contributed by atoms with Crippen molar-refractivity contribution in [1.82, 2.24) is 30.4 Å². The number of carboxylic acids is 1. The fraction of sp³-hybridized carbons (Fsp3) is 0.362. The van der Waals surface area contributed by atoms with Crippen LogP contribution in [0.15, 0.2) is 97.1 Å². The number of nitrogens with zero attached hydrogens (tertiary/aromatic N) is 6. The third kappa shape index (κ3) is 15.2. The van der Waals surface area contributed by atoms with Gasteiger partial charge in [-0.15, -0.1) is 5.06 Å². The maximum absolute atomic E-state index is 13.0. The van der Waals surface area contributed by atoms with Crippen LogP contribution in [0.4, 0.5) is 11.4 Å². The van der Waals surface area contributed by atoms with Gasteiger partial charge in [0.25, 0.3) is 47.3 Å². The Morgan fingerprint density at radius 2 is 1.01 bits per heavy atom. The van der Waals surface area contributed by atoms with Gasteiger partial charge in [-0.2, -0.15) is 0 Å². The highest BCUT2D eigenvalue weighted by atomic mass is 16.7. The van der Waals surface area contributed by atoms with Crippen molar-refractivity contribution in [1.29, 1.82) is 0 Å². The Morgan fingerprint density at radius 1 is 0.578 bits per heavy atom. The first kappa shape index (κ1) is 62.4. The summed E-state index contributed by atoms with van der Waals surface area (Å²) in [6, 6.07) is 20.1. The first-order valence-electron chi connectivity index (χ1n) is 26.9. The van der Waals surface area contributed by atoms with Crippen molar-refractivity contribution < 1.29 is 81.7 Å². The van der Waals surface area contributed by atoms with Gasteiger partial charge in [0.1, 0.15) is 11.5 Å². The average Bonchev–Trinajstić information content (AvgIpc) is 2.67. The van der Waals surface area contributed by atoms with E-state index in [-0.39, 0.29) is 81.3 Å². The summed E-state index contributed by atoms with van der Waals surface area (Å²) >= 11 is 0. The molecule has 0 aromatic heterocycles. The molecule has 0 unspecified atom stereocenters. The van der Waals surface area contributed by atoms with Crippen molar-refractivity contribution in [3.63, 3.8) is 0 Å². The molecule has 25 heteroatoms. The normalized spacial score (nSPS) is 15.6. The minimum absolute atomic E-state index is 0.0130. The average molecular weight is 1150 g/mol. The highest BCUT2D eigenvalue weighted by Crippen LogP contribution is 2.57. The van der Waals surface area contributed by atoms with E-state index in [1.165, 1.54) is 19.1 Å². The van der Waals surface area contributed by atoms with E-state index in [0.717, 1.165) is 105 Å². The zero-order chi connectivity index (χ0) is 60.5. The SMILES string of the molecule is CC(=O)NCCCNC(=O)CCN1C(=O)C=CC1=O.CCN(CC)c1ccc2c(c1)Oc1cc(N(CC)CC)ccc1C21OC(=O)c2ccccc21.O=C(CCN1C(=O)C=CC1=O)ON1C(=O)CCC1=O.O=C(O)CCN1C(=O)C=CC1=O. The number of rotatable bonds is 20. The van der Waals surface area contributed by atoms with Gasteiger partial charge in [-0.3, -0.25) is 67.4 Å². The largest absolute Gasteiger partial charge is 0.481 e. The molecule has 25 nitrogen and oxygen atoms in total. The van der Waals surface area contributed by atoms with E-state index >= 15 is 0 Å². The molecule has 438 valence electrons. The second-order valence-corrected chi connectivity index (χ2v) is 18.8. The van der Waals surface area contributed by atoms with Crippen LogP contribution >= 0.6 is 0 Å². The summed E-state index contributed by atoms with van der Waals surface area (Å²) in [6.45, 7) is 14.4. The molecular weight excluding hydrogens is 1080 g/mol. The molecule has 0 atom stereocenters. The zero-order valence-electron chi connectivity index (χ0n) is 46.5. The number of amides is 10. The molecule has 3 aromatic rings. The fourth-order valence-corrected chi connectivity index (χ4v) is 9.28. The fourth-order valence-electron chi connectivity index (χ4n) is 9.28. The number of aliphatic carboxylic acids is 1. The van der Waals surface area contributed by atoms with E-state index in [1.807, 2.05) is 24.3 Å². The monoisotopic (exact) mass is 1140 g/mol. The Morgan fingerprint density at radius 3 is 1.46 bits per heavy atom. The van der Waals surface area contributed by atoms with Crippen LogP contribution in [0.5, 0.6) is 11.5 Å². The summed E-state index contributed by atoms with van der Waals surface area (Å²) in [5, 5.41) is 14.0. The molecule has 83 heavy (non-hydrogen) atoms. The minimum Gasteiger partial charge on any atom is -0.481 e. The number of benzene rings is 3. The topological polar surface area (TPSA) is 313 Å². The highest BCUT2D eigenvalue weighted by Gasteiger charge is 2.53. The van der Waals surface area contributed by atoms with Crippen LogP contribution in [0.1, 0.15) is 100 Å². The van der Waals surface area contributed by atoms with Gasteiger partial charge in [-0.05, 0) is 64.4 Å². The van der Waals surface area contributed by atoms with Crippen molar-refractivity contribution in [2.45, 2.75) is 78.7 Å². The number of anilines is 2. The smallest absolute Gasteiger partial charge is 0.340 e. The third-order valence-electron chi connectivity index (χ3n) is 13.5. The van der Waals surface area contributed by atoms with Gasteiger partial charge in [0.05, 0.1) is 18.4 Å². The Balaban J connectivity index is 0.000000191. The van der Waals surface area contributed by atoms with E-state index in [4.69, 9.17) is 14.6 Å². The van der Waals surface area contributed by atoms with E-state index in [0.29, 0.717) is 30.1 Å². The molecule has 0 bridgehead atoms. The number of esters is 1. The Hall–Kier alpha value is -9.81. The molecule has 1 saturated heterocycles. The molecule has 1 spiro atoms. The van der Waals surface area contributed by atoms with Crippen molar-refractivity contribution in [3.05, 3.63) is 119 Å². The summed E-state index contributed by atoms with van der Waals surface area (Å²) < 4.78 is 12.8. The molecule has 6 aliphatic rings. The first-order chi connectivity index (χ1) is 39.7. The van der Waals surface area contributed by atoms with Gasteiger partial charge in [-0.25, -0.2) is 9.59 Å². The van der Waals surface area contributed by atoms with E-state index in [9.17, 15) is 62.3 Å². The number of imide groups is 4. The lowest BCUT2D eigenvalue weighted by Crippen LogP contribution is -2.35. The second-order valence-electron chi connectivity index (χ2n) is 18.8. The van der Waals surface area contributed by atoms with Crippen molar-refractivity contribution in [3.8, 4) is 11.5 Å². The molecule has 0 radical (unpaired) electrons. The molecule has 0 aliphatic carbocycles. The molecule has 6 heterocycles. The second kappa shape index (κ2) is 28.6. The van der Waals surface area contributed by atoms with E-state index in [1.54, 1.807) is 0 Å². The number of ether oxygens (including phenoxy) is 2. The Bertz CT molecular complexity index is 3050. The summed E-state index contributed by atoms with van der Waals surface area (Å²) in [5.74, 6) is -4.88. The predicted octanol–water partition coefficient (Wildman–Crippen LogP) is 3.19. The van der Waals surface area contributed by atoms with Crippen LogP contribution in [0.3, 0.4) is 0 Å². The van der Waals surface area contributed by atoms with Gasteiger partial charge in [0.15, 0.2) is 5.60 Å². The van der Waals surface area contributed by atoms with Crippen molar-refractivity contribution in [2.24, 2.45) is 0 Å². The predicted molar refractivity (Wildman–Crippen MR) is 294 cm³/mol. The summed E-state index contributed by atoms with van der Waals surface area (Å²) in [4.78, 5) is 157. The number of hydrogen-bond donors (Lipinski definition) is 3. The standard InChI is InChI=1S/C28H30N2O3.C12H17N3O4.C11H10N2O6.C7H7NO4/c1-5-29(6-2)19-13-15-23-25(17-19)32-26-18-20(30(7-3)8-4)14-16-24(26)28(23)22-12-10-9-11-21(22)27(31)33-28;1-9(16)13-6-2-7-14-10(17)5-8-15-11(18)3-4-12(15)19;14-7-1-2-8(15)12(7)6-5-11(18)19-13-9(16)3-4-10(13)17;9-5-1-2-6(10)8(5)4-3-7(11)12/h9-18H,5-8H2,1-4H3;3-4H,2,5-8H2,1H3,(H,13,16)(H,14,17);1-2H,3-6H2;1-2H,3-4H2,(H,11,12). The van der Waals surface area contributed by atoms with Crippen LogP contribution in [0, 0.1) is 0 Å². The first-order valence-corrected chi connectivity index (χ1v) is 26.9. The number of nitrogens with one attached hydrogen (secondary N) is 2. The van der Waals surface area contributed by atoms with Crippen LogP contribution in [0.25, 0.3) is 0 Å². The highest BCUT2D eigenvalue weighted by molar-refractivity contribution is 6.14. The third-order valence-corrected chi connectivity index (χ3v) is 13.5. The number of hydroxylamine groups is 2. The molecule has 9 rings (SSSR count). The molecule has 3 aromatic carbocycles. The van der Waals surface area contributed by atoms with E-state index in [2.05, 4.69) is 89.4 Å². The van der Waals surface area contributed by atoms with Crippen LogP contribution in [-0.4, -0.2) is 161 Å². The van der Waals surface area contributed by atoms with Gasteiger partial charge in [0, 0.05) is 162 Å². The van der Waals surface area contributed by atoms with Gasteiger partial charge < -0.3 is 39.9 Å². The molecule has 1 fully saturated rings. The molecule has 3 N–H and O–H groups in total. The number of carboxylic acid groups (broad SMARTS) is 1. The van der Waals surface area contributed by atoms with Crippen molar-refractivity contribution in [2.75, 3.05) is 68.7 Å². The van der Waals surface area contributed by atoms with Crippen LogP contribution in [0.2, 0.25) is 0 Å². The minimum atomic E-state index is -1.03. The van der Waals surface area contributed by atoms with Crippen molar-refractivity contribution >= 4 is 88.4 Å². The summed E-state index contributed by atoms with van der Waals surface area (Å²) in [6.07, 6.45) is 7.08. The van der Waals surface area contributed by atoms with Gasteiger partial charge >= 0.3 is 17.9 Å². The lowest BCUT2D eigenvalue weighted by atomic mass is 9.77. The molecular formula is C58H64N8O17. The number of carbonyl (C=O) groups excluding carboxylic acids is 12. The molecule has 0 saturated carbocycles. The zero-order valence-corrected chi connectivity index (χ0v) is 46.5. The van der Waals surface area contributed by atoms with E-state index < -0.39 is 53.0 Å². The van der Waals surface area contributed by atoms with Gasteiger partial charge in [-0.1, -0.05) is 18.2 Å². The lowest BCUT2D eigenvalue weighted by Gasteiger charge is -2.37. The maximum atomic E-state index is 13.0. The number of carbonyl (C=O) groups is 13. The summed E-state index contributed by atoms with van der Waals surface area (Å²) in [5.41, 5.74) is 4.37.